The molecule has 0 aliphatic carbocycles. The zero-order chi connectivity index (χ0) is 11.3. The molecule has 2 aliphatic heterocycles. The van der Waals surface area contributed by atoms with Crippen LogP contribution in [-0.4, -0.2) is 74.8 Å². The minimum absolute atomic E-state index is 1.09. The number of hydrogen-bond donors (Lipinski definition) is 2. The van der Waals surface area contributed by atoms with Gasteiger partial charge in [-0.15, -0.1) is 0 Å². The third kappa shape index (κ3) is 3.04. The van der Waals surface area contributed by atoms with Gasteiger partial charge in [-0.3, -0.25) is 9.38 Å². The molecule has 0 spiro atoms. The predicted molar refractivity (Wildman–Crippen MR) is 67.2 cm³/mol. The first-order valence-electron chi connectivity index (χ1n) is 6.48. The van der Waals surface area contributed by atoms with Crippen LogP contribution in [0, 0.1) is 0 Å². The summed E-state index contributed by atoms with van der Waals surface area (Å²) in [5, 5.41) is 6.82. The van der Waals surface area contributed by atoms with Gasteiger partial charge in [0.05, 0.1) is 25.8 Å². The fourth-order valence-corrected chi connectivity index (χ4v) is 2.61. The number of quaternary nitrogens is 1. The van der Waals surface area contributed by atoms with Gasteiger partial charge in [0, 0.05) is 45.8 Å². The first-order chi connectivity index (χ1) is 7.85. The van der Waals surface area contributed by atoms with Gasteiger partial charge in [0.15, 0.2) is 0 Å². The van der Waals surface area contributed by atoms with Crippen molar-refractivity contribution in [3.05, 3.63) is 12.8 Å². The van der Waals surface area contributed by atoms with Crippen LogP contribution in [0.15, 0.2) is 12.8 Å². The molecule has 4 nitrogen and oxygen atoms in total. The monoisotopic (exact) mass is 225 g/mol. The Morgan fingerprint density at radius 1 is 1.06 bits per heavy atom. The van der Waals surface area contributed by atoms with Crippen molar-refractivity contribution in [2.75, 3.05) is 65.4 Å². The van der Waals surface area contributed by atoms with Gasteiger partial charge < -0.3 is 10.6 Å². The zero-order valence-electron chi connectivity index (χ0n) is 10.2. The average molecular weight is 225 g/mol. The topological polar surface area (TPSA) is 27.3 Å². The van der Waals surface area contributed by atoms with Crippen LogP contribution >= 0.6 is 0 Å². The Morgan fingerprint density at radius 3 is 2.31 bits per heavy atom. The van der Waals surface area contributed by atoms with E-state index in [1.807, 2.05) is 0 Å². The molecule has 2 N–H and O–H groups in total. The lowest BCUT2D eigenvalue weighted by Crippen LogP contribution is -2.58. The predicted octanol–water partition coefficient (Wildman–Crippen LogP) is -0.545. The molecule has 0 bridgehead atoms. The Balaban J connectivity index is 1.79. The molecule has 2 saturated heterocycles. The Labute approximate surface area is 98.9 Å². The van der Waals surface area contributed by atoms with Crippen molar-refractivity contribution in [1.29, 1.82) is 0 Å². The summed E-state index contributed by atoms with van der Waals surface area (Å²) in [7, 11) is 0. The summed E-state index contributed by atoms with van der Waals surface area (Å²) in [6.45, 7) is 15.9. The van der Waals surface area contributed by atoms with Crippen molar-refractivity contribution in [2.45, 2.75) is 0 Å². The molecular formula is C12H25N4+. The van der Waals surface area contributed by atoms with Gasteiger partial charge in [0.25, 0.3) is 0 Å². The number of rotatable bonds is 4. The lowest BCUT2D eigenvalue weighted by atomic mass is 10.2. The second kappa shape index (κ2) is 5.77. The van der Waals surface area contributed by atoms with Gasteiger partial charge in [-0.05, 0) is 6.58 Å². The molecular weight excluding hydrogens is 200 g/mol. The molecule has 0 atom stereocenters. The largest absolute Gasteiger partial charge is 0.314 e. The molecule has 2 fully saturated rings. The molecule has 2 aliphatic rings. The SMILES string of the molecule is C=C[N+]1(CCN2CCNCC2)CCNCC1. The van der Waals surface area contributed by atoms with E-state index in [4.69, 9.17) is 0 Å². The van der Waals surface area contributed by atoms with E-state index in [0.717, 1.165) is 30.7 Å². The van der Waals surface area contributed by atoms with E-state index in [-0.39, 0.29) is 0 Å². The summed E-state index contributed by atoms with van der Waals surface area (Å²) in [5.41, 5.74) is 0. The maximum atomic E-state index is 4.03. The molecule has 0 radical (unpaired) electrons. The molecule has 2 rings (SSSR count). The van der Waals surface area contributed by atoms with Crippen LogP contribution in [0.2, 0.25) is 0 Å². The Hall–Kier alpha value is -0.420. The smallest absolute Gasteiger partial charge is 0.0958 e. The van der Waals surface area contributed by atoms with E-state index in [2.05, 4.69) is 28.3 Å². The van der Waals surface area contributed by atoms with Crippen LogP contribution in [0.1, 0.15) is 0 Å². The van der Waals surface area contributed by atoms with Crippen LogP contribution in [0.3, 0.4) is 0 Å². The molecule has 0 saturated carbocycles. The lowest BCUT2D eigenvalue weighted by Gasteiger charge is -2.40. The van der Waals surface area contributed by atoms with Crippen LogP contribution in [0.4, 0.5) is 0 Å². The van der Waals surface area contributed by atoms with E-state index in [9.17, 15) is 0 Å². The first kappa shape index (κ1) is 12.0. The third-order valence-electron chi connectivity index (χ3n) is 3.93. The second-order valence-corrected chi connectivity index (χ2v) is 4.91. The third-order valence-corrected chi connectivity index (χ3v) is 3.93. The average Bonchev–Trinajstić information content (AvgIpc) is 2.39. The molecule has 2 heterocycles. The fraction of sp³-hybridized carbons (Fsp3) is 0.833. The Morgan fingerprint density at radius 2 is 1.69 bits per heavy atom. The summed E-state index contributed by atoms with van der Waals surface area (Å²) in [4.78, 5) is 2.57. The maximum Gasteiger partial charge on any atom is 0.0958 e. The summed E-state index contributed by atoms with van der Waals surface area (Å²) >= 11 is 0. The molecule has 0 aromatic carbocycles. The van der Waals surface area contributed by atoms with E-state index >= 15 is 0 Å². The number of nitrogens with one attached hydrogen (secondary N) is 2. The second-order valence-electron chi connectivity index (χ2n) is 4.91. The highest BCUT2D eigenvalue weighted by Gasteiger charge is 2.27. The maximum absolute atomic E-state index is 4.03. The van der Waals surface area contributed by atoms with Gasteiger partial charge >= 0.3 is 0 Å². The first-order valence-corrected chi connectivity index (χ1v) is 6.48. The van der Waals surface area contributed by atoms with Gasteiger partial charge in [0.1, 0.15) is 0 Å². The highest BCUT2D eigenvalue weighted by atomic mass is 15.4. The Kier molecular flexibility index (Phi) is 4.35. The highest BCUT2D eigenvalue weighted by Crippen LogP contribution is 2.10. The van der Waals surface area contributed by atoms with Gasteiger partial charge in [0.2, 0.25) is 0 Å². The fourth-order valence-electron chi connectivity index (χ4n) is 2.61. The van der Waals surface area contributed by atoms with Crippen LogP contribution in [0.25, 0.3) is 0 Å². The normalized spacial score (nSPS) is 26.5. The van der Waals surface area contributed by atoms with Gasteiger partial charge in [-0.25, -0.2) is 0 Å². The van der Waals surface area contributed by atoms with Crippen molar-refractivity contribution < 1.29 is 4.48 Å². The van der Waals surface area contributed by atoms with Crippen molar-refractivity contribution in [3.8, 4) is 0 Å². The minimum atomic E-state index is 1.09. The van der Waals surface area contributed by atoms with Gasteiger partial charge in [-0.2, -0.15) is 0 Å². The van der Waals surface area contributed by atoms with Crippen molar-refractivity contribution >= 4 is 0 Å². The van der Waals surface area contributed by atoms with Crippen LogP contribution in [0.5, 0.6) is 0 Å². The molecule has 0 aromatic heterocycles. The summed E-state index contributed by atoms with van der Waals surface area (Å²) in [5.74, 6) is 0. The van der Waals surface area contributed by atoms with Crippen LogP contribution < -0.4 is 10.6 Å². The number of hydrogen-bond acceptors (Lipinski definition) is 3. The van der Waals surface area contributed by atoms with E-state index in [1.54, 1.807) is 0 Å². The lowest BCUT2D eigenvalue weighted by molar-refractivity contribution is -0.880. The standard InChI is InChI=1S/C12H25N4/c1-2-16(10-5-14-6-11-16)12-9-15-7-3-13-4-8-15/h2,13-14H,1,3-12H2/q+1. The van der Waals surface area contributed by atoms with Gasteiger partial charge in [-0.1, -0.05) is 0 Å². The van der Waals surface area contributed by atoms with Crippen molar-refractivity contribution in [2.24, 2.45) is 0 Å². The van der Waals surface area contributed by atoms with E-state index < -0.39 is 0 Å². The van der Waals surface area contributed by atoms with E-state index in [1.165, 1.54) is 39.3 Å². The highest BCUT2D eigenvalue weighted by molar-refractivity contribution is 4.70. The minimum Gasteiger partial charge on any atom is -0.314 e. The van der Waals surface area contributed by atoms with Crippen molar-refractivity contribution in [1.82, 2.24) is 15.5 Å². The molecule has 0 amide bonds. The quantitative estimate of drug-likeness (QED) is 0.629. The zero-order valence-corrected chi connectivity index (χ0v) is 10.2. The molecule has 4 heteroatoms. The molecule has 92 valence electrons. The summed E-state index contributed by atoms with van der Waals surface area (Å²) in [6, 6.07) is 0. The van der Waals surface area contributed by atoms with Crippen molar-refractivity contribution in [3.63, 3.8) is 0 Å². The molecule has 16 heavy (non-hydrogen) atoms. The van der Waals surface area contributed by atoms with E-state index in [0.29, 0.717) is 0 Å². The molecule has 0 unspecified atom stereocenters. The number of nitrogens with zero attached hydrogens (tertiary/aromatic N) is 2. The summed E-state index contributed by atoms with van der Waals surface area (Å²) < 4.78 is 1.09. The number of piperazine rings is 2. The molecule has 0 aromatic rings. The Bertz CT molecular complexity index is 217. The van der Waals surface area contributed by atoms with Crippen LogP contribution in [-0.2, 0) is 0 Å². The summed E-state index contributed by atoms with van der Waals surface area (Å²) in [6.07, 6.45) is 2.16.